The number of urea groups is 1. The fourth-order valence-corrected chi connectivity index (χ4v) is 1.97. The van der Waals surface area contributed by atoms with Gasteiger partial charge in [0, 0.05) is 16.8 Å². The van der Waals surface area contributed by atoms with E-state index in [4.69, 9.17) is 0 Å². The highest BCUT2D eigenvalue weighted by Gasteiger charge is 2.05. The van der Waals surface area contributed by atoms with E-state index in [-0.39, 0.29) is 6.03 Å². The Bertz CT molecular complexity index is 569. The minimum atomic E-state index is -0.293. The van der Waals surface area contributed by atoms with Crippen LogP contribution in [0, 0.1) is 6.92 Å². The topological polar surface area (TPSA) is 54.0 Å². The van der Waals surface area contributed by atoms with Crippen molar-refractivity contribution in [2.45, 2.75) is 11.8 Å². The lowest BCUT2D eigenvalue weighted by molar-refractivity contribution is 0.262. The van der Waals surface area contributed by atoms with Gasteiger partial charge in [-0.25, -0.2) is 9.78 Å². The van der Waals surface area contributed by atoms with E-state index in [0.717, 1.165) is 16.1 Å². The molecule has 0 fully saturated rings. The number of thioether (sulfide) groups is 1. The molecule has 2 aromatic rings. The lowest BCUT2D eigenvalue weighted by Gasteiger charge is -2.09. The van der Waals surface area contributed by atoms with Crippen LogP contribution in [-0.4, -0.2) is 17.3 Å². The van der Waals surface area contributed by atoms with E-state index >= 15 is 0 Å². The molecule has 0 bridgehead atoms. The number of nitrogens with zero attached hydrogens (tertiary/aromatic N) is 1. The zero-order valence-corrected chi connectivity index (χ0v) is 11.6. The highest BCUT2D eigenvalue weighted by molar-refractivity contribution is 7.98. The van der Waals surface area contributed by atoms with Gasteiger partial charge >= 0.3 is 6.03 Å². The minimum absolute atomic E-state index is 0.293. The summed E-state index contributed by atoms with van der Waals surface area (Å²) >= 11 is 1.66. The Hall–Kier alpha value is -2.01. The SMILES string of the molecule is CSc1ccc(NC(=O)Nc2ncccc2C)cc1. The molecule has 0 aliphatic heterocycles. The van der Waals surface area contributed by atoms with Gasteiger partial charge in [-0.05, 0) is 49.1 Å². The van der Waals surface area contributed by atoms with E-state index in [1.54, 1.807) is 18.0 Å². The quantitative estimate of drug-likeness (QED) is 0.837. The summed E-state index contributed by atoms with van der Waals surface area (Å²) in [7, 11) is 0. The van der Waals surface area contributed by atoms with Crippen molar-refractivity contribution in [3.05, 3.63) is 48.2 Å². The number of aromatic nitrogens is 1. The van der Waals surface area contributed by atoms with Crippen molar-refractivity contribution in [2.75, 3.05) is 16.9 Å². The largest absolute Gasteiger partial charge is 0.324 e. The lowest BCUT2D eigenvalue weighted by Crippen LogP contribution is -2.20. The predicted octanol–water partition coefficient (Wildman–Crippen LogP) is 3.76. The molecule has 0 unspecified atom stereocenters. The van der Waals surface area contributed by atoms with Gasteiger partial charge in [0.15, 0.2) is 0 Å². The molecule has 1 aromatic heterocycles. The van der Waals surface area contributed by atoms with Crippen molar-refractivity contribution >= 4 is 29.3 Å². The number of benzene rings is 1. The van der Waals surface area contributed by atoms with Crippen LogP contribution in [0.4, 0.5) is 16.3 Å². The van der Waals surface area contributed by atoms with Crippen LogP contribution in [0.1, 0.15) is 5.56 Å². The number of nitrogens with one attached hydrogen (secondary N) is 2. The molecule has 4 nitrogen and oxygen atoms in total. The van der Waals surface area contributed by atoms with Gasteiger partial charge in [0.1, 0.15) is 5.82 Å². The van der Waals surface area contributed by atoms with Crippen molar-refractivity contribution in [3.8, 4) is 0 Å². The Morgan fingerprint density at radius 2 is 1.89 bits per heavy atom. The van der Waals surface area contributed by atoms with Crippen LogP contribution in [0.5, 0.6) is 0 Å². The van der Waals surface area contributed by atoms with Crippen molar-refractivity contribution in [1.82, 2.24) is 4.98 Å². The van der Waals surface area contributed by atoms with Crippen LogP contribution in [0.2, 0.25) is 0 Å². The first-order valence-corrected chi connectivity index (χ1v) is 7.05. The molecule has 0 atom stereocenters. The number of anilines is 2. The molecule has 0 spiro atoms. The first-order valence-electron chi connectivity index (χ1n) is 5.83. The molecule has 0 saturated heterocycles. The number of carbonyl (C=O) groups excluding carboxylic acids is 1. The van der Waals surface area contributed by atoms with Gasteiger partial charge in [0.2, 0.25) is 0 Å². The Morgan fingerprint density at radius 1 is 1.16 bits per heavy atom. The average Bonchev–Trinajstić information content (AvgIpc) is 2.42. The number of rotatable bonds is 3. The zero-order chi connectivity index (χ0) is 13.7. The molecule has 1 heterocycles. The molecule has 5 heteroatoms. The van der Waals surface area contributed by atoms with E-state index in [1.165, 1.54) is 0 Å². The standard InChI is InChI=1S/C14H15N3OS/c1-10-4-3-9-15-13(10)17-14(18)16-11-5-7-12(19-2)8-6-11/h3-9H,1-2H3,(H2,15,16,17,18). The Morgan fingerprint density at radius 3 is 2.53 bits per heavy atom. The third kappa shape index (κ3) is 3.72. The smallest absolute Gasteiger partial charge is 0.308 e. The van der Waals surface area contributed by atoms with Gasteiger partial charge in [0.25, 0.3) is 0 Å². The number of amides is 2. The van der Waals surface area contributed by atoms with E-state index in [1.807, 2.05) is 49.6 Å². The molecule has 0 saturated carbocycles. The fourth-order valence-electron chi connectivity index (χ4n) is 1.56. The lowest BCUT2D eigenvalue weighted by atomic mass is 10.3. The van der Waals surface area contributed by atoms with Crippen LogP contribution in [0.15, 0.2) is 47.5 Å². The second-order valence-electron chi connectivity index (χ2n) is 3.98. The number of carbonyl (C=O) groups is 1. The maximum absolute atomic E-state index is 11.8. The number of aryl methyl sites for hydroxylation is 1. The van der Waals surface area contributed by atoms with Gasteiger partial charge in [-0.1, -0.05) is 6.07 Å². The van der Waals surface area contributed by atoms with E-state index in [9.17, 15) is 4.79 Å². The Balaban J connectivity index is 1.99. The molecule has 2 N–H and O–H groups in total. The fraction of sp³-hybridized carbons (Fsp3) is 0.143. The summed E-state index contributed by atoms with van der Waals surface area (Å²) in [4.78, 5) is 17.1. The predicted molar refractivity (Wildman–Crippen MR) is 79.8 cm³/mol. The normalized spacial score (nSPS) is 10.0. The first-order chi connectivity index (χ1) is 9.19. The summed E-state index contributed by atoms with van der Waals surface area (Å²) < 4.78 is 0. The third-order valence-corrected chi connectivity index (χ3v) is 3.33. The maximum Gasteiger partial charge on any atom is 0.324 e. The van der Waals surface area contributed by atoms with Gasteiger partial charge in [-0.3, -0.25) is 5.32 Å². The first kappa shape index (κ1) is 13.4. The Labute approximate surface area is 116 Å². The monoisotopic (exact) mass is 273 g/mol. The van der Waals surface area contributed by atoms with Crippen LogP contribution in [0.3, 0.4) is 0 Å². The summed E-state index contributed by atoms with van der Waals surface area (Å²) in [5.41, 5.74) is 1.68. The van der Waals surface area contributed by atoms with E-state index in [2.05, 4.69) is 15.6 Å². The van der Waals surface area contributed by atoms with Gasteiger partial charge in [-0.15, -0.1) is 11.8 Å². The summed E-state index contributed by atoms with van der Waals surface area (Å²) in [5.74, 6) is 0.570. The maximum atomic E-state index is 11.8. The van der Waals surface area contributed by atoms with Crippen LogP contribution >= 0.6 is 11.8 Å². The van der Waals surface area contributed by atoms with Gasteiger partial charge < -0.3 is 5.32 Å². The molecule has 19 heavy (non-hydrogen) atoms. The molecule has 1 aromatic carbocycles. The number of hydrogen-bond donors (Lipinski definition) is 2. The van der Waals surface area contributed by atoms with Crippen LogP contribution in [0.25, 0.3) is 0 Å². The van der Waals surface area contributed by atoms with E-state index < -0.39 is 0 Å². The average molecular weight is 273 g/mol. The van der Waals surface area contributed by atoms with Gasteiger partial charge in [-0.2, -0.15) is 0 Å². The van der Waals surface area contributed by atoms with Gasteiger partial charge in [0.05, 0.1) is 0 Å². The second-order valence-corrected chi connectivity index (χ2v) is 4.86. The van der Waals surface area contributed by atoms with Crippen LogP contribution in [-0.2, 0) is 0 Å². The summed E-state index contributed by atoms with van der Waals surface area (Å²) in [6.07, 6.45) is 3.66. The zero-order valence-electron chi connectivity index (χ0n) is 10.8. The second kappa shape index (κ2) is 6.24. The summed E-state index contributed by atoms with van der Waals surface area (Å²) in [6, 6.07) is 11.1. The van der Waals surface area contributed by atoms with Crippen molar-refractivity contribution < 1.29 is 4.79 Å². The highest BCUT2D eigenvalue weighted by Crippen LogP contribution is 2.17. The van der Waals surface area contributed by atoms with Crippen LogP contribution < -0.4 is 10.6 Å². The molecule has 0 aliphatic rings. The molecule has 2 amide bonds. The Kier molecular flexibility index (Phi) is 4.41. The molecule has 0 radical (unpaired) electrons. The summed E-state index contributed by atoms with van der Waals surface area (Å²) in [5, 5.41) is 5.49. The minimum Gasteiger partial charge on any atom is -0.308 e. The van der Waals surface area contributed by atoms with Crippen molar-refractivity contribution in [1.29, 1.82) is 0 Å². The van der Waals surface area contributed by atoms with Crippen molar-refractivity contribution in [2.24, 2.45) is 0 Å². The van der Waals surface area contributed by atoms with Crippen molar-refractivity contribution in [3.63, 3.8) is 0 Å². The summed E-state index contributed by atoms with van der Waals surface area (Å²) in [6.45, 7) is 1.90. The molecule has 98 valence electrons. The number of hydrogen-bond acceptors (Lipinski definition) is 3. The third-order valence-electron chi connectivity index (χ3n) is 2.59. The highest BCUT2D eigenvalue weighted by atomic mass is 32.2. The molecule has 2 rings (SSSR count). The number of pyridine rings is 1. The van der Waals surface area contributed by atoms with E-state index in [0.29, 0.717) is 5.82 Å². The molecular weight excluding hydrogens is 258 g/mol. The molecule has 0 aliphatic carbocycles. The molecular formula is C14H15N3OS.